The highest BCUT2D eigenvalue weighted by atomic mass is 16.4. The van der Waals surface area contributed by atoms with Gasteiger partial charge in [0.25, 0.3) is 0 Å². The number of fused-ring (bicyclic) bond motifs is 1. The minimum Gasteiger partial charge on any atom is -0.481 e. The molecule has 2 rings (SSSR count). The fourth-order valence-electron chi connectivity index (χ4n) is 1.94. The number of carbonyl (C=O) groups is 2. The van der Waals surface area contributed by atoms with Crippen LogP contribution < -0.4 is 0 Å². The van der Waals surface area contributed by atoms with Gasteiger partial charge in [0.2, 0.25) is 0 Å². The van der Waals surface area contributed by atoms with E-state index >= 15 is 0 Å². The number of H-pyrrole nitrogens is 1. The number of aryl methyl sites for hydroxylation is 1. The second-order valence-corrected chi connectivity index (χ2v) is 3.85. The normalized spacial score (nSPS) is 10.6. The Morgan fingerprint density at radius 2 is 2.00 bits per heavy atom. The number of benzene rings is 1. The summed E-state index contributed by atoms with van der Waals surface area (Å²) >= 11 is 0. The van der Waals surface area contributed by atoms with Crippen LogP contribution in [-0.2, 0) is 11.2 Å². The van der Waals surface area contributed by atoms with Crippen molar-refractivity contribution < 1.29 is 19.8 Å². The van der Waals surface area contributed by atoms with Crippen LogP contribution in [0.1, 0.15) is 21.6 Å². The van der Waals surface area contributed by atoms with Crippen LogP contribution in [0.5, 0.6) is 0 Å². The van der Waals surface area contributed by atoms with Gasteiger partial charge in [0, 0.05) is 16.5 Å². The van der Waals surface area contributed by atoms with Gasteiger partial charge < -0.3 is 15.2 Å². The number of carboxylic acids is 2. The van der Waals surface area contributed by atoms with Crippen LogP contribution in [0.2, 0.25) is 0 Å². The van der Waals surface area contributed by atoms with Gasteiger partial charge in [-0.25, -0.2) is 4.79 Å². The molecule has 0 spiro atoms. The molecule has 5 nitrogen and oxygen atoms in total. The average Bonchev–Trinajstić information content (AvgIpc) is 2.58. The molecule has 0 fully saturated rings. The van der Waals surface area contributed by atoms with E-state index in [1.807, 2.05) is 13.0 Å². The monoisotopic (exact) mass is 233 g/mol. The van der Waals surface area contributed by atoms with Crippen molar-refractivity contribution in [3.63, 3.8) is 0 Å². The molecule has 0 unspecified atom stereocenters. The number of hydrogen-bond donors (Lipinski definition) is 3. The summed E-state index contributed by atoms with van der Waals surface area (Å²) in [4.78, 5) is 24.6. The summed E-state index contributed by atoms with van der Waals surface area (Å²) in [6, 6.07) is 5.35. The molecule has 0 saturated carbocycles. The largest absolute Gasteiger partial charge is 0.481 e. The van der Waals surface area contributed by atoms with E-state index in [0.29, 0.717) is 16.5 Å². The summed E-state index contributed by atoms with van der Waals surface area (Å²) < 4.78 is 0. The molecule has 1 aromatic carbocycles. The molecule has 1 heterocycles. The zero-order chi connectivity index (χ0) is 12.6. The van der Waals surface area contributed by atoms with E-state index in [9.17, 15) is 9.59 Å². The van der Waals surface area contributed by atoms with E-state index in [1.165, 1.54) is 0 Å². The number of aromatic carboxylic acids is 1. The number of hydrogen-bond acceptors (Lipinski definition) is 2. The number of aliphatic carboxylic acids is 1. The lowest BCUT2D eigenvalue weighted by Gasteiger charge is -1.97. The number of aromatic amines is 1. The number of nitrogens with one attached hydrogen (secondary N) is 1. The predicted octanol–water partition coefficient (Wildman–Crippen LogP) is 1.80. The SMILES string of the molecule is Cc1cccc2c(CC(=O)O)c(C(=O)O)[nH]c12. The van der Waals surface area contributed by atoms with Crippen LogP contribution in [0.3, 0.4) is 0 Å². The van der Waals surface area contributed by atoms with E-state index in [0.717, 1.165) is 5.56 Å². The second kappa shape index (κ2) is 3.93. The Labute approximate surface area is 96.7 Å². The number of aromatic nitrogens is 1. The third-order valence-electron chi connectivity index (χ3n) is 2.69. The Hall–Kier alpha value is -2.30. The van der Waals surface area contributed by atoms with Crippen molar-refractivity contribution in [1.29, 1.82) is 0 Å². The molecule has 0 aliphatic rings. The van der Waals surface area contributed by atoms with Gasteiger partial charge in [-0.05, 0) is 12.5 Å². The summed E-state index contributed by atoms with van der Waals surface area (Å²) in [6.07, 6.45) is -0.301. The van der Waals surface area contributed by atoms with Crippen LogP contribution in [-0.4, -0.2) is 27.1 Å². The number of carboxylic acid groups (broad SMARTS) is 2. The second-order valence-electron chi connectivity index (χ2n) is 3.85. The van der Waals surface area contributed by atoms with Gasteiger partial charge in [-0.2, -0.15) is 0 Å². The molecule has 5 heteroatoms. The molecule has 0 atom stereocenters. The first kappa shape index (κ1) is 11.2. The van der Waals surface area contributed by atoms with Gasteiger partial charge in [-0.15, -0.1) is 0 Å². The zero-order valence-corrected chi connectivity index (χ0v) is 9.15. The highest BCUT2D eigenvalue weighted by Gasteiger charge is 2.19. The van der Waals surface area contributed by atoms with Crippen molar-refractivity contribution in [3.8, 4) is 0 Å². The Bertz CT molecular complexity index is 612. The highest BCUT2D eigenvalue weighted by Crippen LogP contribution is 2.25. The minimum absolute atomic E-state index is 0.0447. The molecular weight excluding hydrogens is 222 g/mol. The summed E-state index contributed by atoms with van der Waals surface area (Å²) in [5, 5.41) is 18.5. The van der Waals surface area contributed by atoms with Crippen molar-refractivity contribution in [2.24, 2.45) is 0 Å². The highest BCUT2D eigenvalue weighted by molar-refractivity contribution is 6.00. The quantitative estimate of drug-likeness (QED) is 0.753. The number of para-hydroxylation sites is 1. The maximum Gasteiger partial charge on any atom is 0.352 e. The molecular formula is C12H11NO4. The summed E-state index contributed by atoms with van der Waals surface area (Å²) in [5.41, 5.74) is 1.85. The lowest BCUT2D eigenvalue weighted by molar-refractivity contribution is -0.136. The average molecular weight is 233 g/mol. The van der Waals surface area contributed by atoms with Crippen molar-refractivity contribution in [2.45, 2.75) is 13.3 Å². The van der Waals surface area contributed by atoms with Crippen LogP contribution in [0.25, 0.3) is 10.9 Å². The molecule has 2 aromatic rings. The molecule has 0 amide bonds. The summed E-state index contributed by atoms with van der Waals surface area (Å²) in [7, 11) is 0. The number of rotatable bonds is 3. The van der Waals surface area contributed by atoms with E-state index in [-0.39, 0.29) is 12.1 Å². The Kier molecular flexibility index (Phi) is 2.59. The van der Waals surface area contributed by atoms with Gasteiger partial charge in [0.1, 0.15) is 5.69 Å². The Morgan fingerprint density at radius 3 is 2.59 bits per heavy atom. The molecule has 0 aliphatic heterocycles. The van der Waals surface area contributed by atoms with Crippen molar-refractivity contribution in [1.82, 2.24) is 4.98 Å². The lowest BCUT2D eigenvalue weighted by atomic mass is 10.1. The third kappa shape index (κ3) is 1.87. The Morgan fingerprint density at radius 1 is 1.29 bits per heavy atom. The first-order valence-corrected chi connectivity index (χ1v) is 5.06. The Balaban J connectivity index is 2.75. The van der Waals surface area contributed by atoms with Gasteiger partial charge in [0.05, 0.1) is 6.42 Å². The summed E-state index contributed by atoms with van der Waals surface area (Å²) in [5.74, 6) is -2.19. The molecule has 1 aromatic heterocycles. The van der Waals surface area contributed by atoms with Gasteiger partial charge in [-0.3, -0.25) is 4.79 Å². The summed E-state index contributed by atoms with van der Waals surface area (Å²) in [6.45, 7) is 1.84. The smallest absolute Gasteiger partial charge is 0.352 e. The maximum absolute atomic E-state index is 11.1. The molecule has 88 valence electrons. The van der Waals surface area contributed by atoms with Crippen LogP contribution in [0.4, 0.5) is 0 Å². The first-order chi connectivity index (χ1) is 8.00. The van der Waals surface area contributed by atoms with Crippen molar-refractivity contribution >= 4 is 22.8 Å². The van der Waals surface area contributed by atoms with E-state index in [4.69, 9.17) is 10.2 Å². The van der Waals surface area contributed by atoms with E-state index in [1.54, 1.807) is 12.1 Å². The third-order valence-corrected chi connectivity index (χ3v) is 2.69. The molecule has 0 aliphatic carbocycles. The van der Waals surface area contributed by atoms with Crippen LogP contribution in [0.15, 0.2) is 18.2 Å². The topological polar surface area (TPSA) is 90.4 Å². The van der Waals surface area contributed by atoms with Crippen LogP contribution >= 0.6 is 0 Å². The molecule has 17 heavy (non-hydrogen) atoms. The van der Waals surface area contributed by atoms with E-state index < -0.39 is 11.9 Å². The van der Waals surface area contributed by atoms with Crippen molar-refractivity contribution in [2.75, 3.05) is 0 Å². The minimum atomic E-state index is -1.14. The van der Waals surface area contributed by atoms with Gasteiger partial charge >= 0.3 is 11.9 Å². The van der Waals surface area contributed by atoms with Crippen LogP contribution in [0, 0.1) is 6.92 Å². The predicted molar refractivity (Wildman–Crippen MR) is 61.3 cm³/mol. The fourth-order valence-corrected chi connectivity index (χ4v) is 1.94. The van der Waals surface area contributed by atoms with Gasteiger partial charge in [0.15, 0.2) is 0 Å². The molecule has 0 radical (unpaired) electrons. The fraction of sp³-hybridized carbons (Fsp3) is 0.167. The maximum atomic E-state index is 11.1. The van der Waals surface area contributed by atoms with Gasteiger partial charge in [-0.1, -0.05) is 18.2 Å². The van der Waals surface area contributed by atoms with Crippen molar-refractivity contribution in [3.05, 3.63) is 35.0 Å². The van der Waals surface area contributed by atoms with E-state index in [2.05, 4.69) is 4.98 Å². The lowest BCUT2D eigenvalue weighted by Crippen LogP contribution is -2.06. The molecule has 3 N–H and O–H groups in total. The molecule has 0 saturated heterocycles. The standard InChI is InChI=1S/C12H11NO4/c1-6-3-2-4-7-8(5-9(14)15)11(12(16)17)13-10(6)7/h2-4,13H,5H2,1H3,(H,14,15)(H,16,17). The zero-order valence-electron chi connectivity index (χ0n) is 9.15. The molecule has 0 bridgehead atoms. The first-order valence-electron chi connectivity index (χ1n) is 5.06.